The number of hydrogen-bond donors (Lipinski definition) is 4. The molecule has 8 nitrogen and oxygen atoms in total. The number of rotatable bonds is 5. The Kier molecular flexibility index (Phi) is 4.50. The minimum Gasteiger partial charge on any atom is -0.480 e. The van der Waals surface area contributed by atoms with Gasteiger partial charge in [-0.05, 0) is 19.1 Å². The van der Waals surface area contributed by atoms with Gasteiger partial charge in [-0.3, -0.25) is 4.98 Å². The fraction of sp³-hybridized carbons (Fsp3) is 0.231. The van der Waals surface area contributed by atoms with Crippen LogP contribution in [0.15, 0.2) is 30.9 Å². The molecule has 2 rings (SSSR count). The summed E-state index contributed by atoms with van der Waals surface area (Å²) in [5.74, 6) is -1.12. The minimum atomic E-state index is -1.12. The Morgan fingerprint density at radius 1 is 1.38 bits per heavy atom. The number of amides is 2. The topological polar surface area (TPSA) is 120 Å². The number of carbonyl (C=O) groups is 2. The molecule has 0 aliphatic rings. The second kappa shape index (κ2) is 6.51. The lowest BCUT2D eigenvalue weighted by molar-refractivity contribution is -0.139. The second-order valence-electron chi connectivity index (χ2n) is 4.46. The first-order valence-electron chi connectivity index (χ1n) is 6.25. The maximum atomic E-state index is 11.8. The van der Waals surface area contributed by atoms with Crippen LogP contribution in [0.25, 0.3) is 0 Å². The third-order valence-corrected chi connectivity index (χ3v) is 2.75. The van der Waals surface area contributed by atoms with E-state index in [-0.39, 0.29) is 6.42 Å². The molecule has 1 atom stereocenters. The summed E-state index contributed by atoms with van der Waals surface area (Å²) >= 11 is 0. The zero-order chi connectivity index (χ0) is 15.2. The van der Waals surface area contributed by atoms with Crippen LogP contribution in [0.3, 0.4) is 0 Å². The van der Waals surface area contributed by atoms with E-state index in [4.69, 9.17) is 5.11 Å². The van der Waals surface area contributed by atoms with E-state index in [0.717, 1.165) is 5.69 Å². The molecular formula is C13H15N5O3. The molecule has 1 unspecified atom stereocenters. The number of aromatic nitrogens is 3. The highest BCUT2D eigenvalue weighted by Crippen LogP contribution is 2.05. The van der Waals surface area contributed by atoms with E-state index in [1.54, 1.807) is 12.1 Å². The predicted molar refractivity (Wildman–Crippen MR) is 74.8 cm³/mol. The fourth-order valence-corrected chi connectivity index (χ4v) is 1.68. The summed E-state index contributed by atoms with van der Waals surface area (Å²) < 4.78 is 0. The van der Waals surface area contributed by atoms with Crippen molar-refractivity contribution in [3.05, 3.63) is 42.2 Å². The van der Waals surface area contributed by atoms with Crippen molar-refractivity contribution in [2.24, 2.45) is 0 Å². The van der Waals surface area contributed by atoms with Gasteiger partial charge in [-0.2, -0.15) is 0 Å². The zero-order valence-electron chi connectivity index (χ0n) is 11.3. The summed E-state index contributed by atoms with van der Waals surface area (Å²) in [6.45, 7) is 1.83. The molecule has 0 spiro atoms. The van der Waals surface area contributed by atoms with Gasteiger partial charge >= 0.3 is 12.0 Å². The number of carboxylic acid groups (broad SMARTS) is 1. The van der Waals surface area contributed by atoms with E-state index in [9.17, 15) is 9.59 Å². The number of H-pyrrole nitrogens is 1. The highest BCUT2D eigenvalue weighted by molar-refractivity contribution is 5.92. The first-order valence-corrected chi connectivity index (χ1v) is 6.25. The molecule has 4 N–H and O–H groups in total. The van der Waals surface area contributed by atoms with Gasteiger partial charge in [0.05, 0.1) is 18.2 Å². The highest BCUT2D eigenvalue weighted by Gasteiger charge is 2.21. The molecule has 0 fully saturated rings. The van der Waals surface area contributed by atoms with Crippen molar-refractivity contribution < 1.29 is 14.7 Å². The molecular weight excluding hydrogens is 274 g/mol. The lowest BCUT2D eigenvalue weighted by Gasteiger charge is -2.14. The number of anilines is 1. The SMILES string of the molecule is Cc1ccc(NC(=O)NC(Cc2cnc[nH]2)C(=O)O)cn1. The van der Waals surface area contributed by atoms with E-state index in [1.165, 1.54) is 18.7 Å². The Bertz CT molecular complexity index is 609. The Balaban J connectivity index is 1.95. The number of urea groups is 1. The zero-order valence-corrected chi connectivity index (χ0v) is 11.3. The third-order valence-electron chi connectivity index (χ3n) is 2.75. The number of nitrogens with zero attached hydrogens (tertiary/aromatic N) is 2. The van der Waals surface area contributed by atoms with Gasteiger partial charge in [0.1, 0.15) is 6.04 Å². The van der Waals surface area contributed by atoms with Gasteiger partial charge in [0.2, 0.25) is 0 Å². The monoisotopic (exact) mass is 289 g/mol. The van der Waals surface area contributed by atoms with Gasteiger partial charge in [0.15, 0.2) is 0 Å². The molecule has 0 aromatic carbocycles. The number of imidazole rings is 1. The maximum Gasteiger partial charge on any atom is 0.326 e. The summed E-state index contributed by atoms with van der Waals surface area (Å²) in [6.07, 6.45) is 4.58. The van der Waals surface area contributed by atoms with Crippen molar-refractivity contribution in [1.29, 1.82) is 0 Å². The average molecular weight is 289 g/mol. The third kappa shape index (κ3) is 4.30. The van der Waals surface area contributed by atoms with Crippen molar-refractivity contribution in [2.75, 3.05) is 5.32 Å². The molecule has 0 radical (unpaired) electrons. The van der Waals surface area contributed by atoms with Gasteiger partial charge < -0.3 is 20.7 Å². The normalized spacial score (nSPS) is 11.7. The summed E-state index contributed by atoms with van der Waals surface area (Å²) in [5, 5.41) is 14.1. The smallest absolute Gasteiger partial charge is 0.326 e. The van der Waals surface area contributed by atoms with E-state index in [0.29, 0.717) is 11.4 Å². The molecule has 2 amide bonds. The molecule has 0 saturated heterocycles. The lowest BCUT2D eigenvalue weighted by atomic mass is 10.2. The minimum absolute atomic E-state index is 0.120. The quantitative estimate of drug-likeness (QED) is 0.652. The molecule has 0 saturated carbocycles. The van der Waals surface area contributed by atoms with E-state index in [1.807, 2.05) is 6.92 Å². The van der Waals surface area contributed by atoms with Crippen molar-refractivity contribution >= 4 is 17.7 Å². The van der Waals surface area contributed by atoms with Crippen LogP contribution in [0.2, 0.25) is 0 Å². The van der Waals surface area contributed by atoms with Crippen LogP contribution >= 0.6 is 0 Å². The van der Waals surface area contributed by atoms with E-state index in [2.05, 4.69) is 25.6 Å². The molecule has 21 heavy (non-hydrogen) atoms. The van der Waals surface area contributed by atoms with Crippen LogP contribution in [0, 0.1) is 6.92 Å². The maximum absolute atomic E-state index is 11.8. The summed E-state index contributed by atoms with van der Waals surface area (Å²) in [4.78, 5) is 33.6. The van der Waals surface area contributed by atoms with Crippen LogP contribution in [0.4, 0.5) is 10.5 Å². The highest BCUT2D eigenvalue weighted by atomic mass is 16.4. The number of aromatic amines is 1. The Morgan fingerprint density at radius 2 is 2.19 bits per heavy atom. The Labute approximate surface area is 120 Å². The number of carbonyl (C=O) groups excluding carboxylic acids is 1. The van der Waals surface area contributed by atoms with Crippen molar-refractivity contribution in [2.45, 2.75) is 19.4 Å². The van der Waals surface area contributed by atoms with Crippen molar-refractivity contribution in [3.63, 3.8) is 0 Å². The van der Waals surface area contributed by atoms with Crippen LogP contribution < -0.4 is 10.6 Å². The first-order chi connectivity index (χ1) is 10.0. The number of nitrogens with one attached hydrogen (secondary N) is 3. The molecule has 0 aliphatic carbocycles. The molecule has 2 heterocycles. The van der Waals surface area contributed by atoms with Crippen LogP contribution in [-0.4, -0.2) is 38.1 Å². The molecule has 2 aromatic heterocycles. The largest absolute Gasteiger partial charge is 0.480 e. The predicted octanol–water partition coefficient (Wildman–Crippen LogP) is 0.931. The number of carboxylic acids is 1. The molecule has 8 heteroatoms. The lowest BCUT2D eigenvalue weighted by Crippen LogP contribution is -2.44. The Morgan fingerprint density at radius 3 is 2.76 bits per heavy atom. The number of pyridine rings is 1. The molecule has 110 valence electrons. The van der Waals surface area contributed by atoms with Crippen LogP contribution in [0.5, 0.6) is 0 Å². The summed E-state index contributed by atoms with van der Waals surface area (Å²) in [5.41, 5.74) is 1.94. The number of aliphatic carboxylic acids is 1. The van der Waals surface area contributed by atoms with Crippen molar-refractivity contribution in [3.8, 4) is 0 Å². The van der Waals surface area contributed by atoms with Crippen LogP contribution in [0.1, 0.15) is 11.4 Å². The van der Waals surface area contributed by atoms with Crippen LogP contribution in [-0.2, 0) is 11.2 Å². The van der Waals surface area contributed by atoms with Crippen molar-refractivity contribution in [1.82, 2.24) is 20.3 Å². The second-order valence-corrected chi connectivity index (χ2v) is 4.46. The first kappa shape index (κ1) is 14.5. The summed E-state index contributed by atoms with van der Waals surface area (Å²) in [7, 11) is 0. The van der Waals surface area contributed by atoms with Gasteiger partial charge in [0, 0.05) is 24.0 Å². The molecule has 0 aliphatic heterocycles. The number of hydrogen-bond acceptors (Lipinski definition) is 4. The van der Waals surface area contributed by atoms with E-state index < -0.39 is 18.0 Å². The molecule has 0 bridgehead atoms. The van der Waals surface area contributed by atoms with Gasteiger partial charge in [0.25, 0.3) is 0 Å². The van der Waals surface area contributed by atoms with Gasteiger partial charge in [-0.25, -0.2) is 14.6 Å². The summed E-state index contributed by atoms with van der Waals surface area (Å²) in [6, 6.07) is 1.78. The van der Waals surface area contributed by atoms with E-state index >= 15 is 0 Å². The van der Waals surface area contributed by atoms with Gasteiger partial charge in [-0.1, -0.05) is 0 Å². The average Bonchev–Trinajstić information content (AvgIpc) is 2.93. The Hall–Kier alpha value is -2.90. The number of aryl methyl sites for hydroxylation is 1. The van der Waals surface area contributed by atoms with Gasteiger partial charge in [-0.15, -0.1) is 0 Å². The standard InChI is InChI=1S/C13H15N5O3/c1-8-2-3-9(6-15-8)17-13(21)18-11(12(19)20)4-10-5-14-7-16-10/h2-3,5-7,11H,4H2,1H3,(H,14,16)(H,19,20)(H2,17,18,21). The molecule has 2 aromatic rings. The fourth-order valence-electron chi connectivity index (χ4n) is 1.68.